The largest absolute Gasteiger partial charge is 0.457 e. The zero-order chi connectivity index (χ0) is 12.4. The molecule has 1 aromatic carbocycles. The zero-order valence-electron chi connectivity index (χ0n) is 9.84. The molecule has 0 amide bonds. The van der Waals surface area contributed by atoms with Gasteiger partial charge in [-0.2, -0.15) is 0 Å². The molecule has 0 N–H and O–H groups in total. The van der Waals surface area contributed by atoms with Crippen molar-refractivity contribution >= 4 is 27.5 Å². The van der Waals surface area contributed by atoms with Crippen LogP contribution in [-0.2, 0) is 6.42 Å². The van der Waals surface area contributed by atoms with Crippen LogP contribution in [0.3, 0.4) is 0 Å². The van der Waals surface area contributed by atoms with Crippen molar-refractivity contribution in [3.63, 3.8) is 0 Å². The highest BCUT2D eigenvalue weighted by Gasteiger charge is 2.14. The van der Waals surface area contributed by atoms with Gasteiger partial charge in [-0.15, -0.1) is 11.6 Å². The molecule has 90 valence electrons. The van der Waals surface area contributed by atoms with E-state index < -0.39 is 0 Å². The molecule has 0 bridgehead atoms. The Bertz CT molecular complexity index is 519. The number of hydrogen-bond acceptors (Lipinski definition) is 1. The lowest BCUT2D eigenvalue weighted by Gasteiger charge is -2.09. The molecule has 0 aliphatic rings. The van der Waals surface area contributed by atoms with Gasteiger partial charge in [0.15, 0.2) is 4.67 Å². The average Bonchev–Trinajstić information content (AvgIpc) is 2.70. The molecule has 1 unspecified atom stereocenters. The Morgan fingerprint density at radius 1 is 1.24 bits per heavy atom. The van der Waals surface area contributed by atoms with E-state index in [0.29, 0.717) is 0 Å². The van der Waals surface area contributed by atoms with Crippen LogP contribution in [-0.4, -0.2) is 0 Å². The van der Waals surface area contributed by atoms with Gasteiger partial charge in [-0.3, -0.25) is 0 Å². The number of furan rings is 1. The standard InChI is InChI=1S/C14H14BrClO/c1-9-3-4-11(7-10(9)2)8-13(16)12-5-6-17-14(12)15/h3-7,13H,8H2,1-2H3. The number of benzene rings is 1. The van der Waals surface area contributed by atoms with Gasteiger partial charge in [0.25, 0.3) is 0 Å². The second-order valence-electron chi connectivity index (χ2n) is 4.24. The molecule has 2 rings (SSSR count). The molecular weight excluding hydrogens is 300 g/mol. The summed E-state index contributed by atoms with van der Waals surface area (Å²) in [6.45, 7) is 4.24. The molecule has 0 aliphatic heterocycles. The maximum absolute atomic E-state index is 6.39. The maximum atomic E-state index is 6.39. The van der Waals surface area contributed by atoms with E-state index in [9.17, 15) is 0 Å². The minimum atomic E-state index is -0.0646. The molecule has 0 spiro atoms. The minimum Gasteiger partial charge on any atom is -0.457 e. The van der Waals surface area contributed by atoms with Crippen molar-refractivity contribution in [1.82, 2.24) is 0 Å². The zero-order valence-corrected chi connectivity index (χ0v) is 12.2. The molecule has 3 heteroatoms. The molecule has 17 heavy (non-hydrogen) atoms. The number of rotatable bonds is 3. The highest BCUT2D eigenvalue weighted by Crippen LogP contribution is 2.32. The third-order valence-corrected chi connectivity index (χ3v) is 4.00. The van der Waals surface area contributed by atoms with Crippen molar-refractivity contribution in [2.24, 2.45) is 0 Å². The van der Waals surface area contributed by atoms with Crippen LogP contribution in [0.1, 0.15) is 27.6 Å². The lowest BCUT2D eigenvalue weighted by atomic mass is 10.0. The predicted molar refractivity (Wildman–Crippen MR) is 74.6 cm³/mol. The molecule has 0 saturated carbocycles. The second-order valence-corrected chi connectivity index (χ2v) is 5.49. The van der Waals surface area contributed by atoms with E-state index in [0.717, 1.165) is 16.7 Å². The van der Waals surface area contributed by atoms with Crippen LogP contribution in [0.4, 0.5) is 0 Å². The van der Waals surface area contributed by atoms with Gasteiger partial charge in [-0.05, 0) is 59.0 Å². The minimum absolute atomic E-state index is 0.0646. The number of hydrogen-bond donors (Lipinski definition) is 0. The third-order valence-electron chi connectivity index (χ3n) is 2.97. The van der Waals surface area contributed by atoms with Gasteiger partial charge in [-0.1, -0.05) is 18.2 Å². The quantitative estimate of drug-likeness (QED) is 0.711. The summed E-state index contributed by atoms with van der Waals surface area (Å²) in [5.74, 6) is 0. The molecular formula is C14H14BrClO. The van der Waals surface area contributed by atoms with Crippen LogP contribution >= 0.6 is 27.5 Å². The number of alkyl halides is 1. The molecule has 0 aliphatic carbocycles. The van der Waals surface area contributed by atoms with Crippen LogP contribution in [0, 0.1) is 13.8 Å². The van der Waals surface area contributed by atoms with E-state index in [1.54, 1.807) is 6.26 Å². The summed E-state index contributed by atoms with van der Waals surface area (Å²) in [5, 5.41) is -0.0646. The van der Waals surface area contributed by atoms with Crippen molar-refractivity contribution in [3.05, 3.63) is 57.5 Å². The van der Waals surface area contributed by atoms with E-state index in [-0.39, 0.29) is 5.38 Å². The SMILES string of the molecule is Cc1ccc(CC(Cl)c2ccoc2Br)cc1C. The molecule has 0 fully saturated rings. The summed E-state index contributed by atoms with van der Waals surface area (Å²) in [6, 6.07) is 8.37. The predicted octanol–water partition coefficient (Wildman–Crippen LogP) is 5.18. The molecule has 2 aromatic rings. The molecule has 1 heterocycles. The Morgan fingerprint density at radius 3 is 2.59 bits per heavy atom. The Balaban J connectivity index is 2.16. The first kappa shape index (κ1) is 12.7. The topological polar surface area (TPSA) is 13.1 Å². The van der Waals surface area contributed by atoms with E-state index in [1.807, 2.05) is 6.07 Å². The van der Waals surface area contributed by atoms with Crippen molar-refractivity contribution in [2.75, 3.05) is 0 Å². The first-order valence-corrected chi connectivity index (χ1v) is 6.74. The van der Waals surface area contributed by atoms with E-state index in [2.05, 4.69) is 48.0 Å². The van der Waals surface area contributed by atoms with Gasteiger partial charge in [-0.25, -0.2) is 0 Å². The Morgan fingerprint density at radius 2 is 2.00 bits per heavy atom. The van der Waals surface area contributed by atoms with Crippen LogP contribution in [0.15, 0.2) is 39.6 Å². The highest BCUT2D eigenvalue weighted by atomic mass is 79.9. The Kier molecular flexibility index (Phi) is 3.95. The summed E-state index contributed by atoms with van der Waals surface area (Å²) in [5.41, 5.74) is 4.87. The van der Waals surface area contributed by atoms with Crippen molar-refractivity contribution in [2.45, 2.75) is 25.6 Å². The van der Waals surface area contributed by atoms with E-state index >= 15 is 0 Å². The number of halogens is 2. The Labute approximate surface area is 115 Å². The van der Waals surface area contributed by atoms with Gasteiger partial charge in [0, 0.05) is 5.56 Å². The van der Waals surface area contributed by atoms with Crippen LogP contribution in [0.2, 0.25) is 0 Å². The van der Waals surface area contributed by atoms with Crippen molar-refractivity contribution in [3.8, 4) is 0 Å². The molecule has 0 saturated heterocycles. The lowest BCUT2D eigenvalue weighted by Crippen LogP contribution is -1.96. The smallest absolute Gasteiger partial charge is 0.173 e. The van der Waals surface area contributed by atoms with E-state index in [1.165, 1.54) is 16.7 Å². The summed E-state index contributed by atoms with van der Waals surface area (Å²) in [7, 11) is 0. The van der Waals surface area contributed by atoms with Crippen molar-refractivity contribution < 1.29 is 4.42 Å². The molecule has 1 aromatic heterocycles. The first-order valence-electron chi connectivity index (χ1n) is 5.51. The Hall–Kier alpha value is -0.730. The fourth-order valence-corrected chi connectivity index (χ4v) is 2.77. The summed E-state index contributed by atoms with van der Waals surface area (Å²) < 4.78 is 5.92. The van der Waals surface area contributed by atoms with Crippen molar-refractivity contribution in [1.29, 1.82) is 0 Å². The molecule has 1 atom stereocenters. The third kappa shape index (κ3) is 2.93. The van der Waals surface area contributed by atoms with Gasteiger partial charge in [0.1, 0.15) is 0 Å². The summed E-state index contributed by atoms with van der Waals surface area (Å²) >= 11 is 9.74. The normalized spacial score (nSPS) is 12.7. The fourth-order valence-electron chi connectivity index (χ4n) is 1.78. The van der Waals surface area contributed by atoms with Gasteiger partial charge >= 0.3 is 0 Å². The van der Waals surface area contributed by atoms with E-state index in [4.69, 9.17) is 16.0 Å². The van der Waals surface area contributed by atoms with Gasteiger partial charge in [0.05, 0.1) is 11.6 Å². The van der Waals surface area contributed by atoms with Gasteiger partial charge in [0.2, 0.25) is 0 Å². The van der Waals surface area contributed by atoms with Gasteiger partial charge < -0.3 is 4.42 Å². The van der Waals surface area contributed by atoms with Crippen LogP contribution < -0.4 is 0 Å². The second kappa shape index (κ2) is 5.28. The molecule has 1 nitrogen and oxygen atoms in total. The summed E-state index contributed by atoms with van der Waals surface area (Å²) in [6.07, 6.45) is 2.45. The monoisotopic (exact) mass is 312 g/mol. The fraction of sp³-hybridized carbons (Fsp3) is 0.286. The average molecular weight is 314 g/mol. The number of aryl methyl sites for hydroxylation is 2. The molecule has 0 radical (unpaired) electrons. The first-order chi connectivity index (χ1) is 8.08. The van der Waals surface area contributed by atoms with Crippen LogP contribution in [0.25, 0.3) is 0 Å². The highest BCUT2D eigenvalue weighted by molar-refractivity contribution is 9.10. The van der Waals surface area contributed by atoms with Crippen LogP contribution in [0.5, 0.6) is 0 Å². The lowest BCUT2D eigenvalue weighted by molar-refractivity contribution is 0.536. The maximum Gasteiger partial charge on any atom is 0.173 e. The summed E-state index contributed by atoms with van der Waals surface area (Å²) in [4.78, 5) is 0.